The molecule has 3 heteroatoms. The molecule has 16 heavy (non-hydrogen) atoms. The molecular formula is C13H20N2O. The molecule has 0 bridgehead atoms. The fourth-order valence-electron chi connectivity index (χ4n) is 1.55. The molecule has 1 rings (SSSR count). The highest BCUT2D eigenvalue weighted by atomic mass is 16.3. The lowest BCUT2D eigenvalue weighted by molar-refractivity contribution is 0.199. The molecule has 0 saturated carbocycles. The number of pyridine rings is 1. The van der Waals surface area contributed by atoms with Gasteiger partial charge in [-0.05, 0) is 38.5 Å². The Hall–Kier alpha value is -1.35. The lowest BCUT2D eigenvalue weighted by Gasteiger charge is -2.22. The van der Waals surface area contributed by atoms with Gasteiger partial charge in [-0.2, -0.15) is 0 Å². The topological polar surface area (TPSA) is 36.4 Å². The number of likely N-dealkylation sites (N-methyl/N-ethyl adjacent to an activating group) is 1. The van der Waals surface area contributed by atoms with E-state index in [0.29, 0.717) is 0 Å². The maximum atomic E-state index is 9.52. The molecule has 0 amide bonds. The summed E-state index contributed by atoms with van der Waals surface area (Å²) in [7, 11) is 0. The van der Waals surface area contributed by atoms with E-state index >= 15 is 0 Å². The molecule has 88 valence electrons. The van der Waals surface area contributed by atoms with Crippen LogP contribution < -0.4 is 4.90 Å². The Morgan fingerprint density at radius 1 is 1.62 bits per heavy atom. The molecule has 0 saturated heterocycles. The van der Waals surface area contributed by atoms with Crippen molar-refractivity contribution in [2.75, 3.05) is 18.0 Å². The second kappa shape index (κ2) is 5.66. The predicted molar refractivity (Wildman–Crippen MR) is 67.6 cm³/mol. The molecule has 1 heterocycles. The van der Waals surface area contributed by atoms with Crippen molar-refractivity contribution < 1.29 is 5.11 Å². The van der Waals surface area contributed by atoms with Gasteiger partial charge in [0.15, 0.2) is 0 Å². The zero-order valence-electron chi connectivity index (χ0n) is 10.3. The Labute approximate surface area is 97.4 Å². The van der Waals surface area contributed by atoms with Gasteiger partial charge in [-0.3, -0.25) is 0 Å². The van der Waals surface area contributed by atoms with Crippen molar-refractivity contribution in [2.45, 2.75) is 26.9 Å². The van der Waals surface area contributed by atoms with Crippen LogP contribution in [0.15, 0.2) is 30.5 Å². The number of aliphatic hydroxyl groups is 1. The first kappa shape index (κ1) is 12.7. The van der Waals surface area contributed by atoms with Gasteiger partial charge in [-0.15, -0.1) is 0 Å². The van der Waals surface area contributed by atoms with Crippen molar-refractivity contribution in [1.29, 1.82) is 0 Å². The van der Waals surface area contributed by atoms with E-state index in [1.165, 1.54) is 0 Å². The lowest BCUT2D eigenvalue weighted by Crippen LogP contribution is -2.25. The molecule has 0 aromatic carbocycles. The van der Waals surface area contributed by atoms with Crippen molar-refractivity contribution in [3.63, 3.8) is 0 Å². The molecule has 1 atom stereocenters. The van der Waals surface area contributed by atoms with Crippen molar-refractivity contribution in [3.8, 4) is 0 Å². The standard InChI is InChI=1S/C13H20N2O/c1-5-15(9-10(2)3)13-8-12(11(4)16)6-7-14-13/h6-8,11,16H,2,5,9H2,1,3-4H3. The molecule has 1 aromatic rings. The second-order valence-corrected chi connectivity index (χ2v) is 4.09. The van der Waals surface area contributed by atoms with Crippen LogP contribution in [0.25, 0.3) is 0 Å². The Kier molecular flexibility index (Phi) is 4.50. The summed E-state index contributed by atoms with van der Waals surface area (Å²) in [6.07, 6.45) is 1.28. The third-order valence-electron chi connectivity index (χ3n) is 2.42. The molecule has 0 radical (unpaired) electrons. The van der Waals surface area contributed by atoms with Gasteiger partial charge in [-0.1, -0.05) is 12.2 Å². The van der Waals surface area contributed by atoms with Crippen LogP contribution in [-0.2, 0) is 0 Å². The monoisotopic (exact) mass is 220 g/mol. The molecule has 1 N–H and O–H groups in total. The minimum atomic E-state index is -0.453. The number of aliphatic hydroxyl groups excluding tert-OH is 1. The Bertz CT molecular complexity index is 361. The molecule has 0 aliphatic heterocycles. The van der Waals surface area contributed by atoms with Crippen LogP contribution >= 0.6 is 0 Å². The van der Waals surface area contributed by atoms with Crippen molar-refractivity contribution in [2.24, 2.45) is 0 Å². The van der Waals surface area contributed by atoms with Crippen molar-refractivity contribution >= 4 is 5.82 Å². The first-order valence-corrected chi connectivity index (χ1v) is 5.58. The highest BCUT2D eigenvalue weighted by molar-refractivity contribution is 5.42. The smallest absolute Gasteiger partial charge is 0.129 e. The molecule has 0 spiro atoms. The van der Waals surface area contributed by atoms with Gasteiger partial charge in [0.25, 0.3) is 0 Å². The number of nitrogens with zero attached hydrogens (tertiary/aromatic N) is 2. The summed E-state index contributed by atoms with van der Waals surface area (Å²) >= 11 is 0. The largest absolute Gasteiger partial charge is 0.389 e. The Balaban J connectivity index is 2.92. The summed E-state index contributed by atoms with van der Waals surface area (Å²) in [6.45, 7) is 11.4. The number of aromatic nitrogens is 1. The van der Waals surface area contributed by atoms with Gasteiger partial charge in [0, 0.05) is 19.3 Å². The summed E-state index contributed by atoms with van der Waals surface area (Å²) in [6, 6.07) is 3.76. The van der Waals surface area contributed by atoms with Gasteiger partial charge < -0.3 is 10.0 Å². The fourth-order valence-corrected chi connectivity index (χ4v) is 1.55. The van der Waals surface area contributed by atoms with E-state index in [1.807, 2.05) is 19.1 Å². The van der Waals surface area contributed by atoms with Crippen LogP contribution in [0.3, 0.4) is 0 Å². The van der Waals surface area contributed by atoms with Crippen molar-refractivity contribution in [1.82, 2.24) is 4.98 Å². The highest BCUT2D eigenvalue weighted by Crippen LogP contribution is 2.18. The minimum Gasteiger partial charge on any atom is -0.389 e. The SMILES string of the molecule is C=C(C)CN(CC)c1cc(C(C)O)ccn1. The second-order valence-electron chi connectivity index (χ2n) is 4.09. The fraction of sp³-hybridized carbons (Fsp3) is 0.462. The summed E-state index contributed by atoms with van der Waals surface area (Å²) in [4.78, 5) is 6.45. The Morgan fingerprint density at radius 3 is 2.81 bits per heavy atom. The van der Waals surface area contributed by atoms with Gasteiger partial charge in [0.05, 0.1) is 6.10 Å². The van der Waals surface area contributed by atoms with E-state index in [2.05, 4.69) is 23.4 Å². The first-order chi connectivity index (χ1) is 7.54. The quantitative estimate of drug-likeness (QED) is 0.775. The summed E-state index contributed by atoms with van der Waals surface area (Å²) in [5.74, 6) is 0.893. The minimum absolute atomic E-state index is 0.453. The average molecular weight is 220 g/mol. The molecule has 0 aliphatic rings. The third kappa shape index (κ3) is 3.35. The third-order valence-corrected chi connectivity index (χ3v) is 2.42. The molecule has 0 aliphatic carbocycles. The molecule has 0 fully saturated rings. The van der Waals surface area contributed by atoms with Crippen LogP contribution in [0, 0.1) is 0 Å². The van der Waals surface area contributed by atoms with E-state index in [-0.39, 0.29) is 0 Å². The van der Waals surface area contributed by atoms with Gasteiger partial charge in [-0.25, -0.2) is 4.98 Å². The average Bonchev–Trinajstić information content (AvgIpc) is 2.25. The maximum absolute atomic E-state index is 9.52. The van der Waals surface area contributed by atoms with E-state index in [0.717, 1.165) is 30.0 Å². The van der Waals surface area contributed by atoms with Crippen LogP contribution in [0.5, 0.6) is 0 Å². The van der Waals surface area contributed by atoms with Crippen molar-refractivity contribution in [3.05, 3.63) is 36.0 Å². The zero-order valence-corrected chi connectivity index (χ0v) is 10.3. The molecular weight excluding hydrogens is 200 g/mol. The van der Waals surface area contributed by atoms with Crippen LogP contribution in [0.2, 0.25) is 0 Å². The lowest BCUT2D eigenvalue weighted by atomic mass is 10.1. The first-order valence-electron chi connectivity index (χ1n) is 5.58. The highest BCUT2D eigenvalue weighted by Gasteiger charge is 2.08. The van der Waals surface area contributed by atoms with E-state index in [4.69, 9.17) is 0 Å². The molecule has 1 unspecified atom stereocenters. The number of anilines is 1. The van der Waals surface area contributed by atoms with Crippen LogP contribution in [0.4, 0.5) is 5.82 Å². The maximum Gasteiger partial charge on any atom is 0.129 e. The van der Waals surface area contributed by atoms with E-state index in [1.54, 1.807) is 13.1 Å². The normalized spacial score (nSPS) is 12.2. The Morgan fingerprint density at radius 2 is 2.31 bits per heavy atom. The van der Waals surface area contributed by atoms with Crippen LogP contribution in [-0.4, -0.2) is 23.2 Å². The summed E-state index contributed by atoms with van der Waals surface area (Å²) in [5, 5.41) is 9.52. The number of rotatable bonds is 5. The van der Waals surface area contributed by atoms with E-state index in [9.17, 15) is 5.11 Å². The van der Waals surface area contributed by atoms with Gasteiger partial charge in [0.2, 0.25) is 0 Å². The summed E-state index contributed by atoms with van der Waals surface area (Å²) < 4.78 is 0. The van der Waals surface area contributed by atoms with E-state index < -0.39 is 6.10 Å². The van der Waals surface area contributed by atoms with Crippen LogP contribution in [0.1, 0.15) is 32.4 Å². The van der Waals surface area contributed by atoms with Gasteiger partial charge in [0.1, 0.15) is 5.82 Å². The number of hydrogen-bond donors (Lipinski definition) is 1. The molecule has 1 aromatic heterocycles. The summed E-state index contributed by atoms with van der Waals surface area (Å²) in [5.41, 5.74) is 2.00. The van der Waals surface area contributed by atoms with Gasteiger partial charge >= 0.3 is 0 Å². The zero-order chi connectivity index (χ0) is 12.1. The predicted octanol–water partition coefficient (Wildman–Crippen LogP) is 2.54. The molecule has 3 nitrogen and oxygen atoms in total. The number of hydrogen-bond acceptors (Lipinski definition) is 3.